The van der Waals surface area contributed by atoms with Crippen molar-refractivity contribution in [1.29, 1.82) is 0 Å². The van der Waals surface area contributed by atoms with Crippen LogP contribution in [0.3, 0.4) is 0 Å². The number of carbonyl (C=O) groups is 3. The number of ketones is 1. The van der Waals surface area contributed by atoms with Crippen molar-refractivity contribution >= 4 is 50.5 Å². The van der Waals surface area contributed by atoms with Crippen LogP contribution in [0.25, 0.3) is 22.5 Å². The molecule has 9 nitrogen and oxygen atoms in total. The van der Waals surface area contributed by atoms with E-state index >= 15 is 0 Å². The molecule has 6 rings (SSSR count). The Morgan fingerprint density at radius 3 is 1.38 bits per heavy atom. The van der Waals surface area contributed by atoms with Crippen LogP contribution in [0.5, 0.6) is 0 Å². The van der Waals surface area contributed by atoms with E-state index in [1.165, 1.54) is 24.7 Å². The highest BCUT2D eigenvalue weighted by atomic mass is 32.1. The van der Waals surface area contributed by atoms with E-state index in [0.29, 0.717) is 32.3 Å². The van der Waals surface area contributed by atoms with Crippen LogP contribution in [0.15, 0.2) is 106 Å². The second-order valence-electron chi connectivity index (χ2n) is 8.32. The molecule has 2 amide bonds. The molecule has 0 bridgehead atoms. The maximum Gasteiger partial charge on any atom is 0.293 e. The molecular weight excluding hydrogens is 548 g/mol. The molecule has 2 aromatic carbocycles. The monoisotopic (exact) mass is 566 g/mol. The fraction of sp³-hybridized carbons (Fsp3) is 0. The largest absolute Gasteiger partial charge is 0.459 e. The van der Waals surface area contributed by atoms with Gasteiger partial charge in [-0.05, 0) is 24.3 Å². The van der Waals surface area contributed by atoms with Crippen LogP contribution >= 0.6 is 22.7 Å². The molecule has 0 atom stereocenters. The van der Waals surface area contributed by atoms with Crippen LogP contribution < -0.4 is 10.6 Å². The van der Waals surface area contributed by atoms with Crippen molar-refractivity contribution in [3.8, 4) is 22.5 Å². The Hall–Kier alpha value is -5.13. The van der Waals surface area contributed by atoms with E-state index in [1.54, 1.807) is 12.1 Å². The summed E-state index contributed by atoms with van der Waals surface area (Å²) in [5, 5.41) is 5.91. The summed E-state index contributed by atoms with van der Waals surface area (Å²) < 4.78 is 10.4. The number of benzene rings is 2. The van der Waals surface area contributed by atoms with Crippen LogP contribution in [-0.4, -0.2) is 27.6 Å². The van der Waals surface area contributed by atoms with Crippen LogP contribution in [-0.2, 0) is 0 Å². The Morgan fingerprint density at radius 2 is 1.00 bits per heavy atom. The minimum absolute atomic E-state index is 0.120. The number of nitrogens with one attached hydrogen (secondary N) is 2. The first-order valence-electron chi connectivity index (χ1n) is 11.9. The number of nitrogens with zero attached hydrogens (tertiary/aromatic N) is 2. The van der Waals surface area contributed by atoms with Gasteiger partial charge in [-0.1, -0.05) is 83.3 Å². The second kappa shape index (κ2) is 10.9. The molecule has 4 aromatic heterocycles. The second-order valence-corrected chi connectivity index (χ2v) is 10.3. The van der Waals surface area contributed by atoms with Gasteiger partial charge in [0.25, 0.3) is 11.8 Å². The summed E-state index contributed by atoms with van der Waals surface area (Å²) in [5.74, 6) is -1.07. The van der Waals surface area contributed by atoms with E-state index in [-0.39, 0.29) is 27.6 Å². The van der Waals surface area contributed by atoms with E-state index in [1.807, 2.05) is 60.7 Å². The molecule has 0 radical (unpaired) electrons. The van der Waals surface area contributed by atoms with Crippen molar-refractivity contribution in [1.82, 2.24) is 9.97 Å². The van der Waals surface area contributed by atoms with Gasteiger partial charge in [0.05, 0.1) is 23.9 Å². The highest BCUT2D eigenvalue weighted by Gasteiger charge is 2.28. The first-order chi connectivity index (χ1) is 19.6. The number of amides is 2. The fourth-order valence-electron chi connectivity index (χ4n) is 3.87. The minimum atomic E-state index is -0.483. The van der Waals surface area contributed by atoms with Crippen molar-refractivity contribution in [2.24, 2.45) is 0 Å². The molecule has 0 aliphatic heterocycles. The van der Waals surface area contributed by atoms with Crippen molar-refractivity contribution in [2.75, 3.05) is 10.6 Å². The van der Waals surface area contributed by atoms with Gasteiger partial charge < -0.3 is 8.83 Å². The van der Waals surface area contributed by atoms with Crippen molar-refractivity contribution in [3.05, 3.63) is 119 Å². The van der Waals surface area contributed by atoms with E-state index in [4.69, 9.17) is 8.83 Å². The molecule has 0 aliphatic carbocycles. The van der Waals surface area contributed by atoms with E-state index < -0.39 is 11.8 Å². The number of anilines is 2. The summed E-state index contributed by atoms with van der Waals surface area (Å²) in [7, 11) is 0. The molecule has 196 valence electrons. The summed E-state index contributed by atoms with van der Waals surface area (Å²) in [5.41, 5.74) is 2.24. The molecule has 11 heteroatoms. The minimum Gasteiger partial charge on any atom is -0.459 e. The Balaban J connectivity index is 1.41. The van der Waals surface area contributed by atoms with Crippen molar-refractivity contribution < 1.29 is 23.2 Å². The normalized spacial score (nSPS) is 10.8. The first kappa shape index (κ1) is 25.2. The van der Waals surface area contributed by atoms with Gasteiger partial charge in [0.1, 0.15) is 9.75 Å². The summed E-state index contributed by atoms with van der Waals surface area (Å²) in [6.07, 6.45) is 2.80. The van der Waals surface area contributed by atoms with Gasteiger partial charge in [0.2, 0.25) is 5.78 Å². The van der Waals surface area contributed by atoms with Gasteiger partial charge in [0, 0.05) is 11.1 Å². The van der Waals surface area contributed by atoms with Gasteiger partial charge in [-0.15, -0.1) is 0 Å². The summed E-state index contributed by atoms with van der Waals surface area (Å²) >= 11 is 2.10. The lowest BCUT2D eigenvalue weighted by Gasteiger charge is -2.03. The Kier molecular flexibility index (Phi) is 6.87. The molecule has 2 N–H and O–H groups in total. The molecule has 0 unspecified atom stereocenters. The van der Waals surface area contributed by atoms with E-state index in [0.717, 1.165) is 22.7 Å². The predicted molar refractivity (Wildman–Crippen MR) is 152 cm³/mol. The molecule has 0 aliphatic rings. The van der Waals surface area contributed by atoms with Gasteiger partial charge in [0.15, 0.2) is 21.8 Å². The number of hydrogen-bond donors (Lipinski definition) is 2. The number of aromatic nitrogens is 2. The van der Waals surface area contributed by atoms with Crippen LogP contribution in [0.4, 0.5) is 10.3 Å². The van der Waals surface area contributed by atoms with Crippen molar-refractivity contribution in [3.63, 3.8) is 0 Å². The molecule has 6 aromatic rings. The third-order valence-electron chi connectivity index (χ3n) is 5.69. The summed E-state index contributed by atoms with van der Waals surface area (Å²) in [4.78, 5) is 49.3. The molecule has 4 heterocycles. The molecule has 0 spiro atoms. The van der Waals surface area contributed by atoms with Crippen LogP contribution in [0, 0.1) is 0 Å². The zero-order valence-electron chi connectivity index (χ0n) is 20.5. The molecule has 40 heavy (non-hydrogen) atoms. The maximum atomic E-state index is 14.2. The standard InChI is InChI=1S/C29H18N4O5S2/c34-23(24-21(17-9-3-1-4-10-17)30-28(39-24)32-26(35)19-13-7-15-37-19)25-22(18-11-5-2-6-12-18)31-29(40-25)33-27(36)20-14-8-16-38-20/h1-16H,(H,30,32,35)(H,31,33,36). The Bertz CT molecular complexity index is 1660. The quantitative estimate of drug-likeness (QED) is 0.193. The smallest absolute Gasteiger partial charge is 0.293 e. The molecular formula is C29H18N4O5S2. The number of furan rings is 2. The first-order valence-corrected chi connectivity index (χ1v) is 13.6. The maximum absolute atomic E-state index is 14.2. The number of carbonyl (C=O) groups excluding carboxylic acids is 3. The highest BCUT2D eigenvalue weighted by molar-refractivity contribution is 7.21. The summed E-state index contributed by atoms with van der Waals surface area (Å²) in [6, 6.07) is 24.7. The topological polar surface area (TPSA) is 127 Å². The number of thiazole rings is 2. The lowest BCUT2D eigenvalue weighted by atomic mass is 10.1. The van der Waals surface area contributed by atoms with Crippen molar-refractivity contribution in [2.45, 2.75) is 0 Å². The predicted octanol–water partition coefficient (Wildman–Crippen LogP) is 6.86. The number of rotatable bonds is 8. The molecule has 0 saturated carbocycles. The highest BCUT2D eigenvalue weighted by Crippen LogP contribution is 2.38. The van der Waals surface area contributed by atoms with Gasteiger partial charge in [-0.2, -0.15) is 0 Å². The zero-order valence-corrected chi connectivity index (χ0v) is 22.1. The lowest BCUT2D eigenvalue weighted by molar-refractivity contribution is 0.0989. The Morgan fingerprint density at radius 1 is 0.575 bits per heavy atom. The van der Waals surface area contributed by atoms with Gasteiger partial charge in [-0.3, -0.25) is 25.0 Å². The van der Waals surface area contributed by atoms with Crippen LogP contribution in [0.2, 0.25) is 0 Å². The Labute approximate surface area is 235 Å². The SMILES string of the molecule is O=C(Nc1nc(-c2ccccc2)c(C(=O)c2sc(NC(=O)c3ccco3)nc2-c2ccccc2)s1)c1ccco1. The van der Waals surface area contributed by atoms with Gasteiger partial charge >= 0.3 is 0 Å². The lowest BCUT2D eigenvalue weighted by Crippen LogP contribution is -2.10. The van der Waals surface area contributed by atoms with Crippen LogP contribution in [0.1, 0.15) is 35.7 Å². The van der Waals surface area contributed by atoms with Gasteiger partial charge in [-0.25, -0.2) is 9.97 Å². The average molecular weight is 567 g/mol. The summed E-state index contributed by atoms with van der Waals surface area (Å²) in [6.45, 7) is 0. The number of hydrogen-bond acceptors (Lipinski definition) is 9. The zero-order chi connectivity index (χ0) is 27.5. The third kappa shape index (κ3) is 5.10. The third-order valence-corrected chi connectivity index (χ3v) is 7.63. The van der Waals surface area contributed by atoms with E-state index in [9.17, 15) is 14.4 Å². The average Bonchev–Trinajstić information content (AvgIpc) is 3.80. The van der Waals surface area contributed by atoms with E-state index in [2.05, 4.69) is 20.6 Å². The molecule has 0 fully saturated rings. The molecule has 0 saturated heterocycles. The fourth-order valence-corrected chi connectivity index (χ4v) is 5.80.